The van der Waals surface area contributed by atoms with Crippen LogP contribution in [0.3, 0.4) is 0 Å². The summed E-state index contributed by atoms with van der Waals surface area (Å²) in [5.74, 6) is -1.21. The van der Waals surface area contributed by atoms with E-state index >= 15 is 0 Å². The van der Waals surface area contributed by atoms with Crippen LogP contribution in [0.1, 0.15) is 39.9 Å². The number of hydrogen-bond donors (Lipinski definition) is 1. The van der Waals surface area contributed by atoms with E-state index in [0.717, 1.165) is 36.0 Å². The molecule has 0 spiro atoms. The van der Waals surface area contributed by atoms with Crippen LogP contribution >= 0.6 is 0 Å². The average Bonchev–Trinajstić information content (AvgIpc) is 3.42. The fourth-order valence-corrected chi connectivity index (χ4v) is 3.69. The third-order valence-electron chi connectivity index (χ3n) is 5.31. The molecule has 1 fully saturated rings. The Labute approximate surface area is 144 Å². The highest BCUT2D eigenvalue weighted by molar-refractivity contribution is 5.92. The smallest absolute Gasteiger partial charge is 0.335 e. The molecule has 2 aromatic rings. The van der Waals surface area contributed by atoms with Gasteiger partial charge in [-0.05, 0) is 60.2 Å². The van der Waals surface area contributed by atoms with E-state index in [4.69, 9.17) is 5.11 Å². The number of aromatic carboxylic acids is 1. The summed E-state index contributed by atoms with van der Waals surface area (Å²) in [5, 5.41) is 9.16. The minimum absolute atomic E-state index is 0.0606. The van der Waals surface area contributed by atoms with Crippen LogP contribution in [0.15, 0.2) is 42.5 Å². The first-order valence-electron chi connectivity index (χ1n) is 8.40. The predicted molar refractivity (Wildman–Crippen MR) is 89.8 cm³/mol. The van der Waals surface area contributed by atoms with E-state index in [-0.39, 0.29) is 17.3 Å². The van der Waals surface area contributed by atoms with Gasteiger partial charge < -0.3 is 10.0 Å². The molecule has 0 bridgehead atoms. The third kappa shape index (κ3) is 2.69. The number of halogens is 1. The summed E-state index contributed by atoms with van der Waals surface area (Å²) in [6, 6.07) is 11.3. The van der Waals surface area contributed by atoms with Gasteiger partial charge in [-0.1, -0.05) is 18.2 Å². The Morgan fingerprint density at radius 1 is 1.04 bits per heavy atom. The van der Waals surface area contributed by atoms with Crippen molar-refractivity contribution in [2.45, 2.75) is 31.2 Å². The highest BCUT2D eigenvalue weighted by atomic mass is 19.1. The molecule has 4 nitrogen and oxygen atoms in total. The van der Waals surface area contributed by atoms with Gasteiger partial charge in [0.25, 0.3) is 0 Å². The molecule has 0 aromatic heterocycles. The van der Waals surface area contributed by atoms with Gasteiger partial charge >= 0.3 is 5.97 Å². The average molecular weight is 339 g/mol. The molecule has 25 heavy (non-hydrogen) atoms. The number of carboxylic acids is 1. The lowest BCUT2D eigenvalue weighted by Crippen LogP contribution is -2.42. The number of fused-ring (bicyclic) bond motifs is 1. The number of carboxylic acid groups (broad SMARTS) is 1. The number of nitrogens with zero attached hydrogens (tertiary/aromatic N) is 1. The Bertz CT molecular complexity index is 856. The molecule has 1 saturated carbocycles. The van der Waals surface area contributed by atoms with Crippen molar-refractivity contribution in [3.05, 3.63) is 70.5 Å². The molecule has 0 saturated heterocycles. The van der Waals surface area contributed by atoms with E-state index in [1.807, 2.05) is 11.0 Å². The number of carbonyl (C=O) groups is 2. The summed E-state index contributed by atoms with van der Waals surface area (Å²) in [6.07, 6.45) is 2.27. The maximum atomic E-state index is 13.2. The van der Waals surface area contributed by atoms with Gasteiger partial charge in [-0.3, -0.25) is 4.79 Å². The molecule has 1 aliphatic carbocycles. The van der Waals surface area contributed by atoms with Gasteiger partial charge in [0.1, 0.15) is 5.82 Å². The number of hydrogen-bond acceptors (Lipinski definition) is 2. The van der Waals surface area contributed by atoms with E-state index in [9.17, 15) is 14.0 Å². The van der Waals surface area contributed by atoms with Gasteiger partial charge in [-0.25, -0.2) is 9.18 Å². The summed E-state index contributed by atoms with van der Waals surface area (Å²) in [5.41, 5.74) is 2.57. The second-order valence-electron chi connectivity index (χ2n) is 6.85. The molecule has 4 rings (SSSR count). The summed E-state index contributed by atoms with van der Waals surface area (Å²) in [7, 11) is 0. The Hall–Kier alpha value is -2.69. The molecule has 2 aliphatic rings. The molecule has 1 N–H and O–H groups in total. The Morgan fingerprint density at radius 3 is 2.40 bits per heavy atom. The molecule has 0 radical (unpaired) electrons. The van der Waals surface area contributed by atoms with Crippen LogP contribution in [0.2, 0.25) is 0 Å². The molecule has 1 aliphatic heterocycles. The molecule has 1 heterocycles. The molecule has 1 amide bonds. The number of carbonyl (C=O) groups excluding carboxylic acids is 1. The SMILES string of the molecule is O=C(O)c1ccc2c(c1)CN(C(=O)C1(c3ccc(F)cc3)CC1)CC2. The van der Waals surface area contributed by atoms with Gasteiger partial charge in [-0.15, -0.1) is 0 Å². The summed E-state index contributed by atoms with van der Waals surface area (Å²) < 4.78 is 13.2. The quantitative estimate of drug-likeness (QED) is 0.935. The number of benzene rings is 2. The maximum Gasteiger partial charge on any atom is 0.335 e. The van der Waals surface area contributed by atoms with Crippen LogP contribution in [-0.4, -0.2) is 28.4 Å². The van der Waals surface area contributed by atoms with Crippen molar-refractivity contribution in [3.8, 4) is 0 Å². The van der Waals surface area contributed by atoms with Crippen molar-refractivity contribution < 1.29 is 19.1 Å². The van der Waals surface area contributed by atoms with Crippen molar-refractivity contribution in [3.63, 3.8) is 0 Å². The van der Waals surface area contributed by atoms with Crippen LogP contribution in [0.25, 0.3) is 0 Å². The van der Waals surface area contributed by atoms with Crippen LogP contribution in [-0.2, 0) is 23.2 Å². The van der Waals surface area contributed by atoms with Crippen molar-refractivity contribution in [2.75, 3.05) is 6.54 Å². The second-order valence-corrected chi connectivity index (χ2v) is 6.85. The van der Waals surface area contributed by atoms with Gasteiger partial charge in [0.2, 0.25) is 5.91 Å². The molecular formula is C20H18FNO3. The minimum Gasteiger partial charge on any atom is -0.478 e. The molecular weight excluding hydrogens is 321 g/mol. The van der Waals surface area contributed by atoms with Gasteiger partial charge in [0.05, 0.1) is 11.0 Å². The van der Waals surface area contributed by atoms with Gasteiger partial charge in [0.15, 0.2) is 0 Å². The first-order chi connectivity index (χ1) is 12.0. The summed E-state index contributed by atoms with van der Waals surface area (Å²) in [6.45, 7) is 1.05. The molecule has 0 atom stereocenters. The normalized spacial score (nSPS) is 17.7. The summed E-state index contributed by atoms with van der Waals surface area (Å²) >= 11 is 0. The zero-order chi connectivity index (χ0) is 17.6. The maximum absolute atomic E-state index is 13.2. The van der Waals surface area contributed by atoms with Crippen molar-refractivity contribution in [1.82, 2.24) is 4.90 Å². The lowest BCUT2D eigenvalue weighted by molar-refractivity contribution is -0.134. The van der Waals surface area contributed by atoms with Crippen LogP contribution in [0.4, 0.5) is 4.39 Å². The Morgan fingerprint density at radius 2 is 1.76 bits per heavy atom. The highest BCUT2D eigenvalue weighted by Crippen LogP contribution is 2.50. The van der Waals surface area contributed by atoms with E-state index in [2.05, 4.69) is 0 Å². The van der Waals surface area contributed by atoms with E-state index in [1.54, 1.807) is 24.3 Å². The van der Waals surface area contributed by atoms with Crippen LogP contribution in [0.5, 0.6) is 0 Å². The first kappa shape index (κ1) is 15.8. The van der Waals surface area contributed by atoms with Crippen LogP contribution in [0, 0.1) is 5.82 Å². The highest BCUT2D eigenvalue weighted by Gasteiger charge is 2.53. The number of amides is 1. The van der Waals surface area contributed by atoms with Gasteiger partial charge in [0, 0.05) is 13.1 Å². The van der Waals surface area contributed by atoms with E-state index in [0.29, 0.717) is 13.1 Å². The second kappa shape index (κ2) is 5.69. The minimum atomic E-state index is -0.962. The van der Waals surface area contributed by atoms with Gasteiger partial charge in [-0.2, -0.15) is 0 Å². The Balaban J connectivity index is 1.59. The van der Waals surface area contributed by atoms with Crippen LogP contribution < -0.4 is 0 Å². The largest absolute Gasteiger partial charge is 0.478 e. The fourth-order valence-electron chi connectivity index (χ4n) is 3.69. The van der Waals surface area contributed by atoms with Crippen molar-refractivity contribution in [2.24, 2.45) is 0 Å². The predicted octanol–water partition coefficient (Wildman–Crippen LogP) is 3.14. The lowest BCUT2D eigenvalue weighted by Gasteiger charge is -2.32. The standard InChI is InChI=1S/C20H18FNO3/c21-17-5-3-16(4-6-17)20(8-9-20)19(25)22-10-7-13-1-2-14(18(23)24)11-15(13)12-22/h1-6,11H,7-10,12H2,(H,23,24). The fraction of sp³-hybridized carbons (Fsp3) is 0.300. The van der Waals surface area contributed by atoms with Crippen molar-refractivity contribution in [1.29, 1.82) is 0 Å². The van der Waals surface area contributed by atoms with E-state index in [1.165, 1.54) is 12.1 Å². The Kier molecular flexibility index (Phi) is 3.60. The zero-order valence-corrected chi connectivity index (χ0v) is 13.7. The lowest BCUT2D eigenvalue weighted by atomic mass is 9.91. The molecule has 128 valence electrons. The van der Waals surface area contributed by atoms with Crippen molar-refractivity contribution >= 4 is 11.9 Å². The topological polar surface area (TPSA) is 57.6 Å². The first-order valence-corrected chi connectivity index (χ1v) is 8.40. The summed E-state index contributed by atoms with van der Waals surface area (Å²) in [4.78, 5) is 26.1. The monoisotopic (exact) mass is 339 g/mol. The third-order valence-corrected chi connectivity index (χ3v) is 5.31. The van der Waals surface area contributed by atoms with E-state index < -0.39 is 11.4 Å². The molecule has 0 unspecified atom stereocenters. The zero-order valence-electron chi connectivity index (χ0n) is 13.7. The number of rotatable bonds is 3. The molecule has 2 aromatic carbocycles. The molecule has 5 heteroatoms.